The van der Waals surface area contributed by atoms with E-state index in [4.69, 9.17) is 0 Å². The number of halogens is 1. The molecule has 2 fully saturated rings. The number of rotatable bonds is 1. The van der Waals surface area contributed by atoms with Gasteiger partial charge in [-0.05, 0) is 6.42 Å². The van der Waals surface area contributed by atoms with Gasteiger partial charge >= 0.3 is 0 Å². The molecule has 1 N–H and O–H groups in total. The molecule has 0 radical (unpaired) electrons. The van der Waals surface area contributed by atoms with Crippen molar-refractivity contribution in [1.29, 1.82) is 0 Å². The van der Waals surface area contributed by atoms with Crippen molar-refractivity contribution in [3.05, 3.63) is 18.2 Å². The number of nitrogens with one attached hydrogen (secondary N) is 1. The van der Waals surface area contributed by atoms with Crippen molar-refractivity contribution < 1.29 is 4.79 Å². The quantitative estimate of drug-likeness (QED) is 0.808. The first-order valence-electron chi connectivity index (χ1n) is 4.76. The summed E-state index contributed by atoms with van der Waals surface area (Å²) >= 11 is 1.99. The van der Waals surface area contributed by atoms with Crippen LogP contribution < -0.4 is 0 Å². The van der Waals surface area contributed by atoms with Gasteiger partial charge in [0.15, 0.2) is 5.82 Å². The first-order chi connectivity index (χ1) is 6.84. The van der Waals surface area contributed by atoms with Crippen molar-refractivity contribution in [2.75, 3.05) is 12.3 Å². The molecule has 0 unspecified atom stereocenters. The maximum Gasteiger partial charge on any atom is 0.289 e. The fourth-order valence-electron chi connectivity index (χ4n) is 2.17. The van der Waals surface area contributed by atoms with E-state index in [-0.39, 0.29) is 18.3 Å². The van der Waals surface area contributed by atoms with Gasteiger partial charge in [-0.15, -0.1) is 12.4 Å². The van der Waals surface area contributed by atoms with E-state index in [2.05, 4.69) is 9.97 Å². The Kier molecular flexibility index (Phi) is 2.93. The van der Waals surface area contributed by atoms with Gasteiger partial charge in [0.1, 0.15) is 0 Å². The van der Waals surface area contributed by atoms with Gasteiger partial charge < -0.3 is 9.88 Å². The standard InChI is InChI=1S/C9H11N3OS.ClH/c13-9(8-10-1-2-11-8)12-4-7-3-6(12)5-14-7;/h1-2,6-7H,3-5H2,(H,10,11);1H/t6-,7-;/m0./s1. The van der Waals surface area contributed by atoms with Crippen LogP contribution in [0, 0.1) is 0 Å². The minimum absolute atomic E-state index is 0. The summed E-state index contributed by atoms with van der Waals surface area (Å²) in [6.45, 7) is 0.898. The number of hydrogen-bond acceptors (Lipinski definition) is 3. The number of aromatic amines is 1. The minimum Gasteiger partial charge on any atom is -0.341 e. The molecule has 15 heavy (non-hydrogen) atoms. The van der Waals surface area contributed by atoms with Gasteiger partial charge in [-0.25, -0.2) is 4.98 Å². The van der Waals surface area contributed by atoms with Crippen LogP contribution in [0.15, 0.2) is 12.4 Å². The Bertz CT molecular complexity index is 356. The summed E-state index contributed by atoms with van der Waals surface area (Å²) in [5.74, 6) is 1.63. The monoisotopic (exact) mass is 245 g/mol. The zero-order chi connectivity index (χ0) is 9.54. The van der Waals surface area contributed by atoms with Crippen LogP contribution in [0.25, 0.3) is 0 Å². The predicted octanol–water partition coefficient (Wildman–Crippen LogP) is 1.16. The topological polar surface area (TPSA) is 49.0 Å². The third kappa shape index (κ3) is 1.74. The second-order valence-corrected chi connectivity index (χ2v) is 5.07. The molecule has 0 spiro atoms. The van der Waals surface area contributed by atoms with Gasteiger partial charge in [0.05, 0.1) is 0 Å². The highest BCUT2D eigenvalue weighted by molar-refractivity contribution is 8.00. The van der Waals surface area contributed by atoms with Gasteiger partial charge in [0.2, 0.25) is 0 Å². The van der Waals surface area contributed by atoms with Gasteiger partial charge in [0, 0.05) is 36.0 Å². The van der Waals surface area contributed by atoms with E-state index < -0.39 is 0 Å². The Morgan fingerprint density at radius 1 is 1.67 bits per heavy atom. The Morgan fingerprint density at radius 2 is 2.53 bits per heavy atom. The fourth-order valence-corrected chi connectivity index (χ4v) is 3.60. The van der Waals surface area contributed by atoms with Crippen LogP contribution in [-0.2, 0) is 0 Å². The number of amides is 1. The second-order valence-electron chi connectivity index (χ2n) is 3.74. The fraction of sp³-hybridized carbons (Fsp3) is 0.556. The number of carbonyl (C=O) groups is 1. The molecule has 0 saturated carbocycles. The number of thioether (sulfide) groups is 1. The van der Waals surface area contributed by atoms with Crippen LogP contribution in [0.3, 0.4) is 0 Å². The minimum atomic E-state index is 0. The van der Waals surface area contributed by atoms with E-state index in [1.165, 1.54) is 0 Å². The van der Waals surface area contributed by atoms with Crippen molar-refractivity contribution in [3.8, 4) is 0 Å². The molecule has 0 aromatic carbocycles. The van der Waals surface area contributed by atoms with E-state index in [1.807, 2.05) is 16.7 Å². The van der Waals surface area contributed by atoms with Crippen molar-refractivity contribution in [2.45, 2.75) is 17.7 Å². The molecule has 4 nitrogen and oxygen atoms in total. The number of hydrogen-bond donors (Lipinski definition) is 1. The summed E-state index contributed by atoms with van der Waals surface area (Å²) in [6.07, 6.45) is 4.48. The number of imidazole rings is 1. The third-order valence-electron chi connectivity index (χ3n) is 2.86. The van der Waals surface area contributed by atoms with E-state index in [0.717, 1.165) is 18.7 Å². The second kappa shape index (κ2) is 4.06. The lowest BCUT2D eigenvalue weighted by atomic mass is 10.2. The lowest BCUT2D eigenvalue weighted by molar-refractivity contribution is 0.0736. The van der Waals surface area contributed by atoms with Crippen LogP contribution in [0.2, 0.25) is 0 Å². The van der Waals surface area contributed by atoms with Crippen LogP contribution in [0.5, 0.6) is 0 Å². The largest absolute Gasteiger partial charge is 0.341 e. The summed E-state index contributed by atoms with van der Waals surface area (Å²) in [4.78, 5) is 20.7. The molecular weight excluding hydrogens is 234 g/mol. The molecule has 3 heterocycles. The molecule has 2 bridgehead atoms. The molecule has 3 rings (SSSR count). The predicted molar refractivity (Wildman–Crippen MR) is 61.5 cm³/mol. The van der Waals surface area contributed by atoms with Gasteiger partial charge in [-0.2, -0.15) is 11.8 Å². The SMILES string of the molecule is Cl.O=C(c1ncc[nH]1)N1C[C@@H]2C[C@H]1CS2. The summed E-state index contributed by atoms with van der Waals surface area (Å²) in [5, 5.41) is 0.666. The number of aromatic nitrogens is 2. The summed E-state index contributed by atoms with van der Waals surface area (Å²) in [5.41, 5.74) is 0. The highest BCUT2D eigenvalue weighted by Gasteiger charge is 2.41. The maximum absolute atomic E-state index is 11.9. The molecule has 2 atom stereocenters. The van der Waals surface area contributed by atoms with Crippen molar-refractivity contribution in [3.63, 3.8) is 0 Å². The van der Waals surface area contributed by atoms with Crippen molar-refractivity contribution >= 4 is 30.1 Å². The molecule has 2 saturated heterocycles. The molecule has 1 amide bonds. The highest BCUT2D eigenvalue weighted by Crippen LogP contribution is 2.37. The number of H-pyrrole nitrogens is 1. The first kappa shape index (κ1) is 10.8. The number of fused-ring (bicyclic) bond motifs is 2. The molecule has 2 aliphatic heterocycles. The van der Waals surface area contributed by atoms with Gasteiger partial charge in [-0.1, -0.05) is 0 Å². The molecule has 1 aromatic heterocycles. The average molecular weight is 246 g/mol. The lowest BCUT2D eigenvalue weighted by Crippen LogP contribution is -2.39. The molecule has 82 valence electrons. The van der Waals surface area contributed by atoms with Crippen LogP contribution >= 0.6 is 24.2 Å². The smallest absolute Gasteiger partial charge is 0.289 e. The van der Waals surface area contributed by atoms with Crippen LogP contribution in [0.1, 0.15) is 17.0 Å². The van der Waals surface area contributed by atoms with E-state index in [9.17, 15) is 4.79 Å². The average Bonchev–Trinajstić information content (AvgIpc) is 2.93. The molecule has 0 aliphatic carbocycles. The molecular formula is C9H12ClN3OS. The third-order valence-corrected chi connectivity index (χ3v) is 4.25. The van der Waals surface area contributed by atoms with E-state index in [0.29, 0.717) is 17.1 Å². The summed E-state index contributed by atoms with van der Waals surface area (Å²) in [6, 6.07) is 0.447. The Labute approximate surface area is 98.2 Å². The summed E-state index contributed by atoms with van der Waals surface area (Å²) in [7, 11) is 0. The maximum atomic E-state index is 11.9. The number of carbonyl (C=O) groups excluding carboxylic acids is 1. The highest BCUT2D eigenvalue weighted by atomic mass is 35.5. The van der Waals surface area contributed by atoms with E-state index in [1.54, 1.807) is 12.4 Å². The van der Waals surface area contributed by atoms with Gasteiger partial charge in [-0.3, -0.25) is 4.79 Å². The van der Waals surface area contributed by atoms with Crippen molar-refractivity contribution in [1.82, 2.24) is 14.9 Å². The first-order valence-corrected chi connectivity index (χ1v) is 5.81. The zero-order valence-corrected chi connectivity index (χ0v) is 9.68. The van der Waals surface area contributed by atoms with Crippen LogP contribution in [0.4, 0.5) is 0 Å². The Morgan fingerprint density at radius 3 is 3.07 bits per heavy atom. The van der Waals surface area contributed by atoms with Crippen LogP contribution in [-0.4, -0.2) is 44.4 Å². The molecule has 1 aromatic rings. The molecule has 2 aliphatic rings. The van der Waals surface area contributed by atoms with E-state index >= 15 is 0 Å². The normalized spacial score (nSPS) is 27.9. The Balaban J connectivity index is 0.000000853. The summed E-state index contributed by atoms with van der Waals surface area (Å²) < 4.78 is 0. The zero-order valence-electron chi connectivity index (χ0n) is 8.05. The molecule has 6 heteroatoms. The Hall–Kier alpha value is -0.680. The van der Waals surface area contributed by atoms with Crippen molar-refractivity contribution in [2.24, 2.45) is 0 Å². The lowest BCUT2D eigenvalue weighted by Gasteiger charge is -2.25. The number of likely N-dealkylation sites (tertiary alicyclic amines) is 1. The van der Waals surface area contributed by atoms with Gasteiger partial charge in [0.25, 0.3) is 5.91 Å². The number of nitrogens with zero attached hydrogens (tertiary/aromatic N) is 2.